The lowest BCUT2D eigenvalue weighted by Crippen LogP contribution is -2.40. The number of anilines is 1. The highest BCUT2D eigenvalue weighted by Crippen LogP contribution is 2.40. The van der Waals surface area contributed by atoms with Crippen LogP contribution in [0.4, 0.5) is 5.69 Å². The summed E-state index contributed by atoms with van der Waals surface area (Å²) >= 11 is 0. The zero-order chi connectivity index (χ0) is 10.3. The van der Waals surface area contributed by atoms with Gasteiger partial charge in [0, 0.05) is 11.1 Å². The summed E-state index contributed by atoms with van der Waals surface area (Å²) in [6, 6.07) is 7.21. The van der Waals surface area contributed by atoms with Crippen LogP contribution in [0.1, 0.15) is 19.4 Å². The van der Waals surface area contributed by atoms with E-state index in [0.717, 1.165) is 11.3 Å². The SMILES string of the molecule is CC1(C)c2ccccc2N[C@H]1C(=O)O. The number of fused-ring (bicyclic) bond motifs is 1. The molecule has 74 valence electrons. The number of benzene rings is 1. The van der Waals surface area contributed by atoms with Gasteiger partial charge in [0.2, 0.25) is 0 Å². The molecular weight excluding hydrogens is 178 g/mol. The minimum absolute atomic E-state index is 0.345. The van der Waals surface area contributed by atoms with E-state index in [-0.39, 0.29) is 5.41 Å². The van der Waals surface area contributed by atoms with Gasteiger partial charge < -0.3 is 10.4 Å². The van der Waals surface area contributed by atoms with Crippen molar-refractivity contribution in [1.82, 2.24) is 0 Å². The monoisotopic (exact) mass is 191 g/mol. The Balaban J connectivity index is 2.50. The van der Waals surface area contributed by atoms with Gasteiger partial charge in [-0.15, -0.1) is 0 Å². The van der Waals surface area contributed by atoms with Gasteiger partial charge in [-0.2, -0.15) is 0 Å². The van der Waals surface area contributed by atoms with Gasteiger partial charge in [-0.05, 0) is 11.6 Å². The average Bonchev–Trinajstić information content (AvgIpc) is 2.39. The van der Waals surface area contributed by atoms with E-state index in [0.29, 0.717) is 0 Å². The van der Waals surface area contributed by atoms with Gasteiger partial charge in [-0.1, -0.05) is 32.0 Å². The van der Waals surface area contributed by atoms with Crippen molar-refractivity contribution < 1.29 is 9.90 Å². The number of carboxylic acids is 1. The second kappa shape index (κ2) is 2.74. The molecule has 0 saturated heterocycles. The Morgan fingerprint density at radius 2 is 2.07 bits per heavy atom. The van der Waals surface area contributed by atoms with Gasteiger partial charge >= 0.3 is 5.97 Å². The molecule has 1 aromatic rings. The molecule has 1 heterocycles. The summed E-state index contributed by atoms with van der Waals surface area (Å²) in [6.45, 7) is 3.90. The molecule has 1 aliphatic rings. The Kier molecular flexibility index (Phi) is 1.77. The van der Waals surface area contributed by atoms with Crippen molar-refractivity contribution in [3.8, 4) is 0 Å². The van der Waals surface area contributed by atoms with E-state index in [1.165, 1.54) is 0 Å². The number of hydrogen-bond acceptors (Lipinski definition) is 2. The third-order valence-corrected chi connectivity index (χ3v) is 2.89. The van der Waals surface area contributed by atoms with E-state index in [2.05, 4.69) is 5.32 Å². The van der Waals surface area contributed by atoms with E-state index in [1.807, 2.05) is 38.1 Å². The lowest BCUT2D eigenvalue weighted by Gasteiger charge is -2.23. The highest BCUT2D eigenvalue weighted by atomic mass is 16.4. The molecule has 0 amide bonds. The first kappa shape index (κ1) is 9.06. The molecular formula is C11H13NO2. The lowest BCUT2D eigenvalue weighted by molar-refractivity contribution is -0.139. The summed E-state index contributed by atoms with van der Waals surface area (Å²) in [5.74, 6) is -0.800. The fourth-order valence-corrected chi connectivity index (χ4v) is 2.03. The molecule has 0 aliphatic carbocycles. The van der Waals surface area contributed by atoms with Gasteiger partial charge in [0.25, 0.3) is 0 Å². The van der Waals surface area contributed by atoms with Crippen molar-refractivity contribution >= 4 is 11.7 Å². The quantitative estimate of drug-likeness (QED) is 0.712. The zero-order valence-corrected chi connectivity index (χ0v) is 8.24. The first-order valence-corrected chi connectivity index (χ1v) is 4.62. The molecule has 2 rings (SSSR count). The largest absolute Gasteiger partial charge is 0.480 e. The van der Waals surface area contributed by atoms with Crippen molar-refractivity contribution in [3.63, 3.8) is 0 Å². The molecule has 0 radical (unpaired) electrons. The van der Waals surface area contributed by atoms with Crippen LogP contribution in [0.3, 0.4) is 0 Å². The average molecular weight is 191 g/mol. The Bertz CT molecular complexity index is 385. The lowest BCUT2D eigenvalue weighted by atomic mass is 9.81. The van der Waals surface area contributed by atoms with Gasteiger partial charge in [0.05, 0.1) is 0 Å². The van der Waals surface area contributed by atoms with E-state index >= 15 is 0 Å². The normalized spacial score (nSPS) is 22.6. The maximum atomic E-state index is 11.0. The van der Waals surface area contributed by atoms with Crippen LogP contribution in [0, 0.1) is 0 Å². The van der Waals surface area contributed by atoms with E-state index in [9.17, 15) is 4.79 Å². The van der Waals surface area contributed by atoms with Crippen LogP contribution in [-0.4, -0.2) is 17.1 Å². The summed E-state index contributed by atoms with van der Waals surface area (Å²) < 4.78 is 0. The van der Waals surface area contributed by atoms with Crippen molar-refractivity contribution in [2.45, 2.75) is 25.3 Å². The molecule has 14 heavy (non-hydrogen) atoms. The van der Waals surface area contributed by atoms with Crippen LogP contribution >= 0.6 is 0 Å². The molecule has 3 heteroatoms. The van der Waals surface area contributed by atoms with Gasteiger partial charge in [-0.25, -0.2) is 4.79 Å². The van der Waals surface area contributed by atoms with Crippen LogP contribution in [0.5, 0.6) is 0 Å². The number of hydrogen-bond donors (Lipinski definition) is 2. The predicted octanol–water partition coefficient (Wildman–Crippen LogP) is 1.84. The third-order valence-electron chi connectivity index (χ3n) is 2.89. The summed E-state index contributed by atoms with van der Waals surface area (Å²) in [4.78, 5) is 11.0. The molecule has 0 fully saturated rings. The second-order valence-electron chi connectivity index (χ2n) is 4.18. The molecule has 3 nitrogen and oxygen atoms in total. The topological polar surface area (TPSA) is 49.3 Å². The number of rotatable bonds is 1. The molecule has 1 atom stereocenters. The highest BCUT2D eigenvalue weighted by molar-refractivity contribution is 5.84. The van der Waals surface area contributed by atoms with Crippen molar-refractivity contribution in [1.29, 1.82) is 0 Å². The molecule has 1 aliphatic heterocycles. The smallest absolute Gasteiger partial charge is 0.327 e. The number of nitrogens with one attached hydrogen (secondary N) is 1. The zero-order valence-electron chi connectivity index (χ0n) is 8.24. The first-order valence-electron chi connectivity index (χ1n) is 4.62. The molecule has 0 aromatic heterocycles. The molecule has 0 saturated carbocycles. The fraction of sp³-hybridized carbons (Fsp3) is 0.364. The van der Waals surface area contributed by atoms with Crippen molar-refractivity contribution in [2.75, 3.05) is 5.32 Å². The van der Waals surface area contributed by atoms with Gasteiger partial charge in [-0.3, -0.25) is 0 Å². The van der Waals surface area contributed by atoms with Crippen LogP contribution in [-0.2, 0) is 10.2 Å². The van der Waals surface area contributed by atoms with Crippen LogP contribution < -0.4 is 5.32 Å². The van der Waals surface area contributed by atoms with Gasteiger partial charge in [0.15, 0.2) is 0 Å². The molecule has 0 bridgehead atoms. The number of aliphatic carboxylic acids is 1. The van der Waals surface area contributed by atoms with Gasteiger partial charge in [0.1, 0.15) is 6.04 Å². The maximum absolute atomic E-state index is 11.0. The molecule has 2 N–H and O–H groups in total. The number of para-hydroxylation sites is 1. The third kappa shape index (κ3) is 1.09. The minimum Gasteiger partial charge on any atom is -0.480 e. The summed E-state index contributed by atoms with van der Waals surface area (Å²) in [7, 11) is 0. The first-order chi connectivity index (χ1) is 6.53. The molecule has 0 spiro atoms. The predicted molar refractivity (Wildman–Crippen MR) is 54.5 cm³/mol. The Morgan fingerprint density at radius 1 is 1.43 bits per heavy atom. The summed E-state index contributed by atoms with van der Waals surface area (Å²) in [6.07, 6.45) is 0. The minimum atomic E-state index is -0.800. The second-order valence-corrected chi connectivity index (χ2v) is 4.18. The Labute approximate surface area is 82.8 Å². The van der Waals surface area contributed by atoms with Crippen LogP contribution in [0.25, 0.3) is 0 Å². The van der Waals surface area contributed by atoms with E-state index in [1.54, 1.807) is 0 Å². The van der Waals surface area contributed by atoms with Crippen LogP contribution in [0.15, 0.2) is 24.3 Å². The standard InChI is InChI=1S/C11H13NO2/c1-11(2)7-5-3-4-6-8(7)12-9(11)10(13)14/h3-6,9,12H,1-2H3,(H,13,14)/t9-/m0/s1. The number of carbonyl (C=O) groups is 1. The Hall–Kier alpha value is -1.51. The van der Waals surface area contributed by atoms with Crippen LogP contribution in [0.2, 0.25) is 0 Å². The summed E-state index contributed by atoms with van der Waals surface area (Å²) in [5.41, 5.74) is 1.67. The molecule has 1 aromatic carbocycles. The molecule has 0 unspecified atom stereocenters. The van der Waals surface area contributed by atoms with Crippen molar-refractivity contribution in [3.05, 3.63) is 29.8 Å². The Morgan fingerprint density at radius 3 is 2.64 bits per heavy atom. The maximum Gasteiger partial charge on any atom is 0.327 e. The van der Waals surface area contributed by atoms with E-state index in [4.69, 9.17) is 5.11 Å². The number of carboxylic acid groups (broad SMARTS) is 1. The summed E-state index contributed by atoms with van der Waals surface area (Å²) in [5, 5.41) is 12.1. The van der Waals surface area contributed by atoms with E-state index < -0.39 is 12.0 Å². The fourth-order valence-electron chi connectivity index (χ4n) is 2.03. The highest BCUT2D eigenvalue weighted by Gasteiger charge is 2.43. The van der Waals surface area contributed by atoms with Crippen molar-refractivity contribution in [2.24, 2.45) is 0 Å².